The van der Waals surface area contributed by atoms with E-state index in [1.807, 2.05) is 36.1 Å². The Morgan fingerprint density at radius 3 is 2.52 bits per heavy atom. The Morgan fingerprint density at radius 2 is 1.81 bits per heavy atom. The number of hydrogen-bond donors (Lipinski definition) is 1. The largest absolute Gasteiger partial charge is 0.492 e. The van der Waals surface area contributed by atoms with Crippen molar-refractivity contribution in [3.05, 3.63) is 48.4 Å². The van der Waals surface area contributed by atoms with Gasteiger partial charge in [0.05, 0.1) is 18.6 Å². The summed E-state index contributed by atoms with van der Waals surface area (Å²) in [7, 11) is 0. The molecule has 1 aromatic heterocycles. The van der Waals surface area contributed by atoms with Crippen LogP contribution >= 0.6 is 0 Å². The third kappa shape index (κ3) is 4.81. The first-order valence-electron chi connectivity index (χ1n) is 9.25. The number of piperazine rings is 1. The summed E-state index contributed by atoms with van der Waals surface area (Å²) in [6.45, 7) is 5.20. The Labute approximate surface area is 158 Å². The van der Waals surface area contributed by atoms with Crippen molar-refractivity contribution >= 4 is 17.5 Å². The van der Waals surface area contributed by atoms with E-state index in [0.717, 1.165) is 11.4 Å². The molecule has 144 valence electrons. The van der Waals surface area contributed by atoms with Crippen LogP contribution in [0.25, 0.3) is 0 Å². The summed E-state index contributed by atoms with van der Waals surface area (Å²) >= 11 is 0. The van der Waals surface area contributed by atoms with Gasteiger partial charge in [-0.15, -0.1) is 0 Å². The smallest absolute Gasteiger partial charge is 0.289 e. The standard InChI is InChI=1S/C20H25N3O4/c1-2-26-17-7-4-3-6-16(17)21-10-9-19(24)22-11-13-23(14-12-22)20(25)18-8-5-15-27-18/h3-8,15,21H,2,9-14H2,1H3. The first-order valence-corrected chi connectivity index (χ1v) is 9.25. The molecular formula is C20H25N3O4. The molecule has 0 atom stereocenters. The van der Waals surface area contributed by atoms with Crippen LogP contribution in [0.4, 0.5) is 5.69 Å². The maximum atomic E-state index is 12.4. The lowest BCUT2D eigenvalue weighted by atomic mass is 10.2. The lowest BCUT2D eigenvalue weighted by molar-refractivity contribution is -0.132. The molecule has 0 radical (unpaired) electrons. The van der Waals surface area contributed by atoms with Crippen LogP contribution in [-0.2, 0) is 4.79 Å². The molecule has 3 rings (SSSR count). The monoisotopic (exact) mass is 371 g/mol. The first-order chi connectivity index (χ1) is 13.2. The van der Waals surface area contributed by atoms with Crippen LogP contribution in [0, 0.1) is 0 Å². The number of benzene rings is 1. The van der Waals surface area contributed by atoms with Gasteiger partial charge in [-0.1, -0.05) is 12.1 Å². The summed E-state index contributed by atoms with van der Waals surface area (Å²) in [6.07, 6.45) is 1.89. The number of rotatable bonds is 7. The molecule has 0 bridgehead atoms. The molecule has 1 fully saturated rings. The molecule has 2 amide bonds. The van der Waals surface area contributed by atoms with E-state index in [-0.39, 0.29) is 11.8 Å². The number of ether oxygens (including phenoxy) is 1. The molecule has 1 N–H and O–H groups in total. The Kier molecular flexibility index (Phi) is 6.35. The Bertz CT molecular complexity index is 752. The maximum Gasteiger partial charge on any atom is 0.289 e. The molecule has 7 heteroatoms. The van der Waals surface area contributed by atoms with E-state index in [1.54, 1.807) is 17.0 Å². The number of furan rings is 1. The highest BCUT2D eigenvalue weighted by Gasteiger charge is 2.25. The van der Waals surface area contributed by atoms with Crippen molar-refractivity contribution in [1.82, 2.24) is 9.80 Å². The normalized spacial score (nSPS) is 14.1. The number of nitrogens with zero attached hydrogens (tertiary/aromatic N) is 2. The van der Waals surface area contributed by atoms with Gasteiger partial charge in [0.2, 0.25) is 5.91 Å². The van der Waals surface area contributed by atoms with E-state index >= 15 is 0 Å². The quantitative estimate of drug-likeness (QED) is 0.809. The molecule has 7 nitrogen and oxygen atoms in total. The fourth-order valence-corrected chi connectivity index (χ4v) is 3.07. The number of nitrogens with one attached hydrogen (secondary N) is 1. The summed E-state index contributed by atoms with van der Waals surface area (Å²) in [5.74, 6) is 1.09. The second-order valence-electron chi connectivity index (χ2n) is 6.26. The minimum Gasteiger partial charge on any atom is -0.492 e. The second kappa shape index (κ2) is 9.12. The zero-order valence-corrected chi connectivity index (χ0v) is 15.5. The molecule has 1 aromatic carbocycles. The average molecular weight is 371 g/mol. The molecule has 2 heterocycles. The van der Waals surface area contributed by atoms with Crippen LogP contribution in [0.1, 0.15) is 23.9 Å². The van der Waals surface area contributed by atoms with Crippen LogP contribution in [0.15, 0.2) is 47.1 Å². The zero-order chi connectivity index (χ0) is 19.1. The summed E-state index contributed by atoms with van der Waals surface area (Å²) in [5, 5.41) is 3.26. The van der Waals surface area contributed by atoms with E-state index in [0.29, 0.717) is 51.5 Å². The maximum absolute atomic E-state index is 12.4. The number of hydrogen-bond acceptors (Lipinski definition) is 5. The van der Waals surface area contributed by atoms with Gasteiger partial charge in [0.1, 0.15) is 5.75 Å². The highest BCUT2D eigenvalue weighted by Crippen LogP contribution is 2.23. The van der Waals surface area contributed by atoms with Gasteiger partial charge in [-0.2, -0.15) is 0 Å². The highest BCUT2D eigenvalue weighted by atomic mass is 16.5. The first kappa shape index (κ1) is 18.8. The Hall–Kier alpha value is -2.96. The van der Waals surface area contributed by atoms with Gasteiger partial charge in [-0.3, -0.25) is 9.59 Å². The van der Waals surface area contributed by atoms with E-state index < -0.39 is 0 Å². The fraction of sp³-hybridized carbons (Fsp3) is 0.400. The molecular weight excluding hydrogens is 346 g/mol. The van der Waals surface area contributed by atoms with Crippen LogP contribution in [0.2, 0.25) is 0 Å². The van der Waals surface area contributed by atoms with Crippen LogP contribution in [-0.4, -0.2) is 60.9 Å². The lowest BCUT2D eigenvalue weighted by Crippen LogP contribution is -2.50. The van der Waals surface area contributed by atoms with Crippen LogP contribution < -0.4 is 10.1 Å². The minimum atomic E-state index is -0.124. The van der Waals surface area contributed by atoms with Gasteiger partial charge in [-0.05, 0) is 31.2 Å². The van der Waals surface area contributed by atoms with E-state index in [2.05, 4.69) is 5.32 Å². The van der Waals surface area contributed by atoms with Crippen molar-refractivity contribution in [3.63, 3.8) is 0 Å². The Morgan fingerprint density at radius 1 is 1.07 bits per heavy atom. The summed E-state index contributed by atoms with van der Waals surface area (Å²) in [4.78, 5) is 28.2. The molecule has 0 spiro atoms. The van der Waals surface area contributed by atoms with Gasteiger partial charge in [0.25, 0.3) is 5.91 Å². The van der Waals surface area contributed by atoms with Gasteiger partial charge < -0.3 is 24.3 Å². The van der Waals surface area contributed by atoms with Crippen molar-refractivity contribution in [2.45, 2.75) is 13.3 Å². The van der Waals surface area contributed by atoms with Crippen LogP contribution in [0.5, 0.6) is 5.75 Å². The van der Waals surface area contributed by atoms with E-state index in [9.17, 15) is 9.59 Å². The van der Waals surface area contributed by atoms with Gasteiger partial charge >= 0.3 is 0 Å². The van der Waals surface area contributed by atoms with Crippen molar-refractivity contribution in [1.29, 1.82) is 0 Å². The molecule has 1 aliphatic rings. The highest BCUT2D eigenvalue weighted by molar-refractivity contribution is 5.91. The van der Waals surface area contributed by atoms with Crippen molar-refractivity contribution in [2.75, 3.05) is 44.6 Å². The molecule has 2 aromatic rings. The van der Waals surface area contributed by atoms with Crippen LogP contribution in [0.3, 0.4) is 0 Å². The third-order valence-electron chi connectivity index (χ3n) is 4.49. The topological polar surface area (TPSA) is 75.0 Å². The third-order valence-corrected chi connectivity index (χ3v) is 4.49. The number of amides is 2. The van der Waals surface area contributed by atoms with E-state index in [1.165, 1.54) is 6.26 Å². The number of anilines is 1. The predicted octanol–water partition coefficient (Wildman–Crippen LogP) is 2.46. The lowest BCUT2D eigenvalue weighted by Gasteiger charge is -2.34. The number of para-hydroxylation sites is 2. The van der Waals surface area contributed by atoms with Gasteiger partial charge in [0.15, 0.2) is 5.76 Å². The van der Waals surface area contributed by atoms with E-state index in [4.69, 9.17) is 9.15 Å². The molecule has 0 aliphatic carbocycles. The summed E-state index contributed by atoms with van der Waals surface area (Å²) in [6, 6.07) is 11.1. The molecule has 1 aliphatic heterocycles. The summed E-state index contributed by atoms with van der Waals surface area (Å²) < 4.78 is 10.7. The average Bonchev–Trinajstić information content (AvgIpc) is 3.24. The zero-order valence-electron chi connectivity index (χ0n) is 15.5. The number of carbonyl (C=O) groups excluding carboxylic acids is 2. The van der Waals surface area contributed by atoms with Gasteiger partial charge in [-0.25, -0.2) is 0 Å². The number of carbonyl (C=O) groups is 2. The van der Waals surface area contributed by atoms with Crippen molar-refractivity contribution in [3.8, 4) is 5.75 Å². The molecule has 0 saturated carbocycles. The predicted molar refractivity (Wildman–Crippen MR) is 102 cm³/mol. The van der Waals surface area contributed by atoms with Gasteiger partial charge in [0, 0.05) is 39.1 Å². The van der Waals surface area contributed by atoms with Crippen molar-refractivity contribution in [2.24, 2.45) is 0 Å². The second-order valence-corrected chi connectivity index (χ2v) is 6.26. The fourth-order valence-electron chi connectivity index (χ4n) is 3.07. The van der Waals surface area contributed by atoms with Crippen molar-refractivity contribution < 1.29 is 18.7 Å². The molecule has 27 heavy (non-hydrogen) atoms. The Balaban J connectivity index is 1.43. The minimum absolute atomic E-state index is 0.0847. The molecule has 1 saturated heterocycles. The molecule has 0 unspecified atom stereocenters. The SMILES string of the molecule is CCOc1ccccc1NCCC(=O)N1CCN(C(=O)c2ccco2)CC1. The summed E-state index contributed by atoms with van der Waals surface area (Å²) in [5.41, 5.74) is 0.890.